The van der Waals surface area contributed by atoms with Gasteiger partial charge in [0, 0.05) is 36.9 Å². The van der Waals surface area contributed by atoms with Crippen LogP contribution in [0.4, 0.5) is 5.82 Å². The molecule has 2 fully saturated rings. The van der Waals surface area contributed by atoms with Gasteiger partial charge in [0.05, 0.1) is 0 Å². The van der Waals surface area contributed by atoms with Crippen LogP contribution in [0.3, 0.4) is 0 Å². The summed E-state index contributed by atoms with van der Waals surface area (Å²) in [6.07, 6.45) is 8.91. The Kier molecular flexibility index (Phi) is 4.25. The zero-order valence-corrected chi connectivity index (χ0v) is 12.8. The molecular formula is C17H27N3. The van der Waals surface area contributed by atoms with Crippen molar-refractivity contribution in [2.45, 2.75) is 64.6 Å². The highest BCUT2D eigenvalue weighted by Gasteiger charge is 2.36. The van der Waals surface area contributed by atoms with Crippen LogP contribution in [0.2, 0.25) is 0 Å². The number of pyridine rings is 1. The van der Waals surface area contributed by atoms with Crippen molar-refractivity contribution in [1.29, 1.82) is 0 Å². The van der Waals surface area contributed by atoms with Crippen LogP contribution in [0.25, 0.3) is 0 Å². The second-order valence-corrected chi connectivity index (χ2v) is 6.62. The minimum Gasteiger partial charge on any atom is -0.353 e. The van der Waals surface area contributed by atoms with Gasteiger partial charge in [-0.25, -0.2) is 4.98 Å². The lowest BCUT2D eigenvalue weighted by molar-refractivity contribution is 0.341. The fourth-order valence-electron chi connectivity index (χ4n) is 3.81. The number of fused-ring (bicyclic) bond motifs is 1. The molecule has 0 amide bonds. The highest BCUT2D eigenvalue weighted by molar-refractivity contribution is 5.49. The molecule has 2 atom stereocenters. The Morgan fingerprint density at radius 2 is 2.15 bits per heavy atom. The van der Waals surface area contributed by atoms with Gasteiger partial charge < -0.3 is 10.2 Å². The fraction of sp³-hybridized carbons (Fsp3) is 0.706. The maximum absolute atomic E-state index is 4.72. The van der Waals surface area contributed by atoms with Crippen molar-refractivity contribution in [3.8, 4) is 0 Å². The third-order valence-electron chi connectivity index (χ3n) is 4.85. The molecule has 0 radical (unpaired) electrons. The van der Waals surface area contributed by atoms with Gasteiger partial charge in [0.1, 0.15) is 5.82 Å². The maximum Gasteiger partial charge on any atom is 0.133 e. The van der Waals surface area contributed by atoms with E-state index in [0.29, 0.717) is 6.04 Å². The van der Waals surface area contributed by atoms with Gasteiger partial charge in [-0.1, -0.05) is 32.8 Å². The molecule has 1 saturated carbocycles. The average molecular weight is 273 g/mol. The summed E-state index contributed by atoms with van der Waals surface area (Å²) in [4.78, 5) is 7.31. The molecule has 3 rings (SSSR count). The lowest BCUT2D eigenvalue weighted by Crippen LogP contribution is -2.36. The van der Waals surface area contributed by atoms with E-state index < -0.39 is 0 Å². The zero-order valence-electron chi connectivity index (χ0n) is 12.8. The monoisotopic (exact) mass is 273 g/mol. The molecule has 3 heteroatoms. The van der Waals surface area contributed by atoms with Crippen LogP contribution in [0.5, 0.6) is 0 Å². The molecular weight excluding hydrogens is 246 g/mol. The predicted octanol–water partition coefficient (Wildman–Crippen LogP) is 3.35. The van der Waals surface area contributed by atoms with Gasteiger partial charge in [-0.2, -0.15) is 0 Å². The summed E-state index contributed by atoms with van der Waals surface area (Å²) in [5, 5.41) is 3.53. The Balaban J connectivity index is 1.79. The van der Waals surface area contributed by atoms with Gasteiger partial charge in [0.15, 0.2) is 0 Å². The van der Waals surface area contributed by atoms with Crippen molar-refractivity contribution in [3.63, 3.8) is 0 Å². The number of rotatable bonds is 4. The highest BCUT2D eigenvalue weighted by atomic mass is 15.2. The maximum atomic E-state index is 4.72. The molecule has 1 saturated heterocycles. The molecule has 1 aliphatic carbocycles. The molecule has 1 aromatic rings. The summed E-state index contributed by atoms with van der Waals surface area (Å²) >= 11 is 0. The van der Waals surface area contributed by atoms with Crippen LogP contribution < -0.4 is 10.2 Å². The molecule has 1 aromatic heterocycles. The second kappa shape index (κ2) is 6.13. The minimum atomic E-state index is 0.518. The quantitative estimate of drug-likeness (QED) is 0.912. The van der Waals surface area contributed by atoms with Crippen molar-refractivity contribution in [2.75, 3.05) is 11.4 Å². The molecule has 110 valence electrons. The summed E-state index contributed by atoms with van der Waals surface area (Å²) in [7, 11) is 0. The number of anilines is 1. The lowest BCUT2D eigenvalue weighted by atomic mass is 9.85. The van der Waals surface area contributed by atoms with E-state index in [2.05, 4.69) is 36.2 Å². The smallest absolute Gasteiger partial charge is 0.133 e. The van der Waals surface area contributed by atoms with E-state index in [1.807, 2.05) is 6.20 Å². The SMILES string of the molecule is CC(C)NCc1cccnc1N1CCC2CCCCC21. The van der Waals surface area contributed by atoms with Crippen molar-refractivity contribution in [2.24, 2.45) is 5.92 Å². The first-order valence-electron chi connectivity index (χ1n) is 8.19. The Labute approximate surface area is 122 Å². The average Bonchev–Trinajstić information content (AvgIpc) is 2.89. The van der Waals surface area contributed by atoms with Gasteiger partial charge in [0.2, 0.25) is 0 Å². The van der Waals surface area contributed by atoms with Gasteiger partial charge in [-0.05, 0) is 31.2 Å². The van der Waals surface area contributed by atoms with Crippen molar-refractivity contribution in [1.82, 2.24) is 10.3 Å². The third-order valence-corrected chi connectivity index (χ3v) is 4.85. The molecule has 0 aromatic carbocycles. The zero-order chi connectivity index (χ0) is 13.9. The standard InChI is InChI=1S/C17H27N3/c1-13(2)19-12-15-7-5-10-18-17(15)20-11-9-14-6-3-4-8-16(14)20/h5,7,10,13-14,16,19H,3-4,6,8-9,11-12H2,1-2H3. The van der Waals surface area contributed by atoms with E-state index in [9.17, 15) is 0 Å². The number of hydrogen-bond donors (Lipinski definition) is 1. The number of nitrogens with zero attached hydrogens (tertiary/aromatic N) is 2. The summed E-state index contributed by atoms with van der Waals surface area (Å²) in [6, 6.07) is 5.56. The van der Waals surface area contributed by atoms with Crippen LogP contribution in [0.15, 0.2) is 18.3 Å². The normalized spacial score (nSPS) is 26.1. The number of aromatic nitrogens is 1. The molecule has 3 nitrogen and oxygen atoms in total. The molecule has 2 unspecified atom stereocenters. The third kappa shape index (κ3) is 2.83. The van der Waals surface area contributed by atoms with E-state index >= 15 is 0 Å². The number of nitrogens with one attached hydrogen (secondary N) is 1. The predicted molar refractivity (Wildman–Crippen MR) is 83.9 cm³/mol. The summed E-state index contributed by atoms with van der Waals surface area (Å²) in [6.45, 7) is 6.52. The molecule has 0 bridgehead atoms. The Morgan fingerprint density at radius 1 is 1.30 bits per heavy atom. The fourth-order valence-corrected chi connectivity index (χ4v) is 3.81. The van der Waals surface area contributed by atoms with E-state index in [-0.39, 0.29) is 0 Å². The molecule has 1 aliphatic heterocycles. The summed E-state index contributed by atoms with van der Waals surface area (Å²) in [5.41, 5.74) is 1.35. The molecule has 2 heterocycles. The topological polar surface area (TPSA) is 28.2 Å². The van der Waals surface area contributed by atoms with Crippen LogP contribution in [-0.2, 0) is 6.54 Å². The van der Waals surface area contributed by atoms with E-state index in [0.717, 1.165) is 18.5 Å². The Morgan fingerprint density at radius 3 is 3.00 bits per heavy atom. The van der Waals surface area contributed by atoms with Gasteiger partial charge in [-0.3, -0.25) is 0 Å². The van der Waals surface area contributed by atoms with Gasteiger partial charge in [-0.15, -0.1) is 0 Å². The second-order valence-electron chi connectivity index (χ2n) is 6.62. The van der Waals surface area contributed by atoms with Crippen LogP contribution in [0.1, 0.15) is 51.5 Å². The van der Waals surface area contributed by atoms with Crippen molar-refractivity contribution < 1.29 is 0 Å². The largest absolute Gasteiger partial charge is 0.353 e. The van der Waals surface area contributed by atoms with Crippen LogP contribution >= 0.6 is 0 Å². The van der Waals surface area contributed by atoms with Crippen molar-refractivity contribution >= 4 is 5.82 Å². The molecule has 20 heavy (non-hydrogen) atoms. The molecule has 1 N–H and O–H groups in total. The lowest BCUT2D eigenvalue weighted by Gasteiger charge is -2.33. The van der Waals surface area contributed by atoms with Crippen LogP contribution in [-0.4, -0.2) is 23.6 Å². The van der Waals surface area contributed by atoms with Gasteiger partial charge in [0.25, 0.3) is 0 Å². The highest BCUT2D eigenvalue weighted by Crippen LogP contribution is 2.39. The van der Waals surface area contributed by atoms with Gasteiger partial charge >= 0.3 is 0 Å². The Bertz CT molecular complexity index is 444. The first-order chi connectivity index (χ1) is 9.75. The molecule has 0 spiro atoms. The van der Waals surface area contributed by atoms with E-state index in [1.54, 1.807) is 0 Å². The van der Waals surface area contributed by atoms with Crippen molar-refractivity contribution in [3.05, 3.63) is 23.9 Å². The summed E-state index contributed by atoms with van der Waals surface area (Å²) in [5.74, 6) is 2.15. The first-order valence-corrected chi connectivity index (χ1v) is 8.19. The van der Waals surface area contributed by atoms with Crippen LogP contribution in [0, 0.1) is 5.92 Å². The number of hydrogen-bond acceptors (Lipinski definition) is 3. The summed E-state index contributed by atoms with van der Waals surface area (Å²) < 4.78 is 0. The Hall–Kier alpha value is -1.09. The van der Waals surface area contributed by atoms with E-state index in [4.69, 9.17) is 4.98 Å². The minimum absolute atomic E-state index is 0.518. The molecule has 2 aliphatic rings. The first kappa shape index (κ1) is 13.9. The van der Waals surface area contributed by atoms with E-state index in [1.165, 1.54) is 50.0 Å².